The fraction of sp³-hybridized carbons (Fsp3) is 0.150. The maximum Gasteiger partial charge on any atom is 0.265 e. The highest BCUT2D eigenvalue weighted by atomic mass is 35.5. The van der Waals surface area contributed by atoms with Crippen molar-refractivity contribution >= 4 is 52.2 Å². The van der Waals surface area contributed by atoms with Gasteiger partial charge < -0.3 is 15.0 Å². The van der Waals surface area contributed by atoms with Crippen molar-refractivity contribution in [3.63, 3.8) is 0 Å². The van der Waals surface area contributed by atoms with Crippen LogP contribution in [0, 0.1) is 0 Å². The lowest BCUT2D eigenvalue weighted by atomic mass is 10.1. The molecule has 0 unspecified atom stereocenters. The van der Waals surface area contributed by atoms with Crippen LogP contribution >= 0.6 is 35.0 Å². The molecule has 1 amide bonds. The van der Waals surface area contributed by atoms with Crippen molar-refractivity contribution in [2.75, 3.05) is 29.6 Å². The predicted molar refractivity (Wildman–Crippen MR) is 117 cm³/mol. The van der Waals surface area contributed by atoms with Crippen LogP contribution in [-0.2, 0) is 0 Å². The van der Waals surface area contributed by atoms with Gasteiger partial charge in [-0.1, -0.05) is 47.1 Å². The number of nitrogens with zero attached hydrogens (tertiary/aromatic N) is 3. The standard InChI is InChI=1S/C20H16Cl2N4O2S/c1-29-20-24-11-13(18(25-20)28-17-10-12(21)6-7-14(17)22)19(27)26-9-8-23-15-4-2-3-5-16(15)26/h2-7,10-11,23H,8-9H2,1H3. The topological polar surface area (TPSA) is 67.4 Å². The number of aromatic nitrogens is 2. The van der Waals surface area contributed by atoms with E-state index in [1.54, 1.807) is 23.1 Å². The second kappa shape index (κ2) is 8.49. The minimum atomic E-state index is -0.250. The highest BCUT2D eigenvalue weighted by Crippen LogP contribution is 2.35. The lowest BCUT2D eigenvalue weighted by molar-refractivity contribution is 0.0983. The van der Waals surface area contributed by atoms with Crippen LogP contribution in [0.2, 0.25) is 10.0 Å². The Morgan fingerprint density at radius 1 is 1.24 bits per heavy atom. The second-order valence-electron chi connectivity index (χ2n) is 6.15. The van der Waals surface area contributed by atoms with Crippen LogP contribution in [0.1, 0.15) is 10.4 Å². The van der Waals surface area contributed by atoms with Crippen LogP contribution in [0.5, 0.6) is 11.6 Å². The number of para-hydroxylation sites is 2. The van der Waals surface area contributed by atoms with Crippen LogP contribution in [0.15, 0.2) is 53.8 Å². The quantitative estimate of drug-likeness (QED) is 0.429. The second-order valence-corrected chi connectivity index (χ2v) is 7.77. The van der Waals surface area contributed by atoms with E-state index in [-0.39, 0.29) is 17.4 Å². The summed E-state index contributed by atoms with van der Waals surface area (Å²) in [6, 6.07) is 12.5. The number of halogens is 2. The number of ether oxygens (including phenoxy) is 1. The summed E-state index contributed by atoms with van der Waals surface area (Å²) in [6.45, 7) is 1.15. The molecule has 1 aliphatic rings. The SMILES string of the molecule is CSc1ncc(C(=O)N2CCNc3ccccc32)c(Oc2cc(Cl)ccc2Cl)n1. The Labute approximate surface area is 182 Å². The van der Waals surface area contributed by atoms with Crippen molar-refractivity contribution in [3.8, 4) is 11.6 Å². The van der Waals surface area contributed by atoms with E-state index in [0.29, 0.717) is 34.0 Å². The van der Waals surface area contributed by atoms with Gasteiger partial charge in [0.15, 0.2) is 5.16 Å². The third kappa shape index (κ3) is 4.12. The highest BCUT2D eigenvalue weighted by molar-refractivity contribution is 7.98. The molecule has 29 heavy (non-hydrogen) atoms. The lowest BCUT2D eigenvalue weighted by Gasteiger charge is -2.30. The molecule has 2 aromatic carbocycles. The number of benzene rings is 2. The molecule has 2 heterocycles. The first kappa shape index (κ1) is 19.8. The van der Waals surface area contributed by atoms with Gasteiger partial charge >= 0.3 is 0 Å². The Balaban J connectivity index is 1.74. The molecule has 9 heteroatoms. The molecule has 3 aromatic rings. The van der Waals surface area contributed by atoms with Crippen LogP contribution < -0.4 is 15.0 Å². The molecule has 148 valence electrons. The molecule has 1 N–H and O–H groups in total. The maximum absolute atomic E-state index is 13.4. The summed E-state index contributed by atoms with van der Waals surface area (Å²) >= 11 is 13.6. The smallest absolute Gasteiger partial charge is 0.265 e. The molecule has 0 radical (unpaired) electrons. The largest absolute Gasteiger partial charge is 0.436 e. The number of rotatable bonds is 4. The van der Waals surface area contributed by atoms with Gasteiger partial charge in [0.25, 0.3) is 5.91 Å². The third-order valence-electron chi connectivity index (χ3n) is 4.34. The molecule has 4 rings (SSSR count). The first-order valence-corrected chi connectivity index (χ1v) is 10.7. The van der Waals surface area contributed by atoms with Gasteiger partial charge in [0, 0.05) is 30.4 Å². The average molecular weight is 447 g/mol. The van der Waals surface area contributed by atoms with Crippen LogP contribution in [-0.4, -0.2) is 35.2 Å². The summed E-state index contributed by atoms with van der Waals surface area (Å²) in [5.74, 6) is 0.203. The molecular formula is C20H16Cl2N4O2S. The number of carbonyl (C=O) groups excluding carboxylic acids is 1. The fourth-order valence-electron chi connectivity index (χ4n) is 2.97. The average Bonchev–Trinajstić information content (AvgIpc) is 2.75. The minimum Gasteiger partial charge on any atom is -0.436 e. The number of thioether (sulfide) groups is 1. The summed E-state index contributed by atoms with van der Waals surface area (Å²) in [7, 11) is 0. The lowest BCUT2D eigenvalue weighted by Crippen LogP contribution is -2.39. The minimum absolute atomic E-state index is 0.134. The predicted octanol–water partition coefficient (Wildman–Crippen LogP) is 5.37. The molecule has 0 aliphatic carbocycles. The van der Waals surface area contributed by atoms with Crippen molar-refractivity contribution < 1.29 is 9.53 Å². The number of hydrogen-bond acceptors (Lipinski definition) is 6. The number of hydrogen-bond donors (Lipinski definition) is 1. The summed E-state index contributed by atoms with van der Waals surface area (Å²) in [5, 5.41) is 4.61. The Hall–Kier alpha value is -2.48. The third-order valence-corrected chi connectivity index (χ3v) is 5.44. The van der Waals surface area contributed by atoms with Crippen molar-refractivity contribution in [2.45, 2.75) is 5.16 Å². The Morgan fingerprint density at radius 2 is 2.07 bits per heavy atom. The monoisotopic (exact) mass is 446 g/mol. The number of anilines is 2. The van der Waals surface area contributed by atoms with Gasteiger partial charge in [0.1, 0.15) is 11.3 Å². The summed E-state index contributed by atoms with van der Waals surface area (Å²) in [4.78, 5) is 23.7. The number of fused-ring (bicyclic) bond motifs is 1. The number of carbonyl (C=O) groups is 1. The van der Waals surface area contributed by atoms with Gasteiger partial charge in [-0.15, -0.1) is 0 Å². The number of amides is 1. The van der Waals surface area contributed by atoms with Gasteiger partial charge in [0.05, 0.1) is 16.4 Å². The van der Waals surface area contributed by atoms with Crippen molar-refractivity contribution in [1.82, 2.24) is 9.97 Å². The molecule has 6 nitrogen and oxygen atoms in total. The normalized spacial score (nSPS) is 12.9. The Morgan fingerprint density at radius 3 is 2.90 bits per heavy atom. The fourth-order valence-corrected chi connectivity index (χ4v) is 3.62. The summed E-state index contributed by atoms with van der Waals surface area (Å²) in [5.41, 5.74) is 1.94. The Bertz CT molecular complexity index is 1080. The van der Waals surface area contributed by atoms with E-state index in [2.05, 4.69) is 15.3 Å². The van der Waals surface area contributed by atoms with E-state index in [4.69, 9.17) is 27.9 Å². The van der Waals surface area contributed by atoms with Gasteiger partial charge in [0.2, 0.25) is 5.88 Å². The molecule has 1 aromatic heterocycles. The van der Waals surface area contributed by atoms with Gasteiger partial charge in [-0.3, -0.25) is 4.79 Å². The molecule has 0 bridgehead atoms. The molecule has 0 fully saturated rings. The molecular weight excluding hydrogens is 431 g/mol. The highest BCUT2D eigenvalue weighted by Gasteiger charge is 2.27. The zero-order valence-electron chi connectivity index (χ0n) is 15.4. The van der Waals surface area contributed by atoms with Crippen LogP contribution in [0.25, 0.3) is 0 Å². The van der Waals surface area contributed by atoms with Gasteiger partial charge in [-0.25, -0.2) is 4.98 Å². The van der Waals surface area contributed by atoms with Crippen molar-refractivity contribution in [2.24, 2.45) is 0 Å². The van der Waals surface area contributed by atoms with Gasteiger partial charge in [-0.05, 0) is 30.5 Å². The number of nitrogens with one attached hydrogen (secondary N) is 1. The zero-order chi connectivity index (χ0) is 20.4. The van der Waals surface area contributed by atoms with Crippen LogP contribution in [0.4, 0.5) is 11.4 Å². The molecule has 1 aliphatic heterocycles. The summed E-state index contributed by atoms with van der Waals surface area (Å²) in [6.07, 6.45) is 3.33. The van der Waals surface area contributed by atoms with E-state index >= 15 is 0 Å². The van der Waals surface area contributed by atoms with E-state index < -0.39 is 0 Å². The van der Waals surface area contributed by atoms with Gasteiger partial charge in [-0.2, -0.15) is 4.98 Å². The zero-order valence-corrected chi connectivity index (χ0v) is 17.7. The van der Waals surface area contributed by atoms with E-state index in [1.165, 1.54) is 18.0 Å². The Kier molecular flexibility index (Phi) is 5.80. The molecule has 0 atom stereocenters. The van der Waals surface area contributed by atoms with Crippen molar-refractivity contribution in [1.29, 1.82) is 0 Å². The van der Waals surface area contributed by atoms with E-state index in [1.807, 2.05) is 30.5 Å². The molecule has 0 saturated heterocycles. The first-order valence-electron chi connectivity index (χ1n) is 8.75. The maximum atomic E-state index is 13.4. The van der Waals surface area contributed by atoms with Crippen molar-refractivity contribution in [3.05, 3.63) is 64.3 Å². The van der Waals surface area contributed by atoms with E-state index in [0.717, 1.165) is 11.4 Å². The molecule has 0 spiro atoms. The molecule has 0 saturated carbocycles. The first-order chi connectivity index (χ1) is 14.1. The summed E-state index contributed by atoms with van der Waals surface area (Å²) < 4.78 is 5.92. The van der Waals surface area contributed by atoms with E-state index in [9.17, 15) is 4.79 Å². The van der Waals surface area contributed by atoms with Crippen LogP contribution in [0.3, 0.4) is 0 Å².